The van der Waals surface area contributed by atoms with Gasteiger partial charge in [-0.2, -0.15) is 0 Å². The number of benzene rings is 2. The summed E-state index contributed by atoms with van der Waals surface area (Å²) >= 11 is 0. The van der Waals surface area contributed by atoms with E-state index in [1.165, 1.54) is 12.0 Å². The van der Waals surface area contributed by atoms with Crippen molar-refractivity contribution in [1.29, 1.82) is 0 Å². The molecule has 1 amide bonds. The van der Waals surface area contributed by atoms with Crippen molar-refractivity contribution < 1.29 is 19.1 Å². The molecule has 3 rings (SSSR count). The molecule has 2 N–H and O–H groups in total. The van der Waals surface area contributed by atoms with E-state index in [1.54, 1.807) is 18.2 Å². The topological polar surface area (TPSA) is 81.9 Å². The van der Waals surface area contributed by atoms with Crippen LogP contribution in [0.5, 0.6) is 5.75 Å². The Morgan fingerprint density at radius 2 is 2.00 bits per heavy atom. The highest BCUT2D eigenvalue weighted by molar-refractivity contribution is 6.03. The minimum Gasteiger partial charge on any atom is -0.478 e. The SMILES string of the molecule is COC(=O)CN1C(=O)C(Cc2ccccc2)Oc2ccc(N)cc21. The summed E-state index contributed by atoms with van der Waals surface area (Å²) in [5.41, 5.74) is 7.75. The molecule has 1 heterocycles. The van der Waals surface area contributed by atoms with Gasteiger partial charge < -0.3 is 15.2 Å². The van der Waals surface area contributed by atoms with E-state index in [0.717, 1.165) is 5.56 Å². The average molecular weight is 326 g/mol. The first-order chi connectivity index (χ1) is 11.6. The Balaban J connectivity index is 1.93. The van der Waals surface area contributed by atoms with Crippen LogP contribution in [0.25, 0.3) is 0 Å². The van der Waals surface area contributed by atoms with Crippen LogP contribution in [0, 0.1) is 0 Å². The maximum absolute atomic E-state index is 12.8. The first kappa shape index (κ1) is 15.9. The zero-order valence-electron chi connectivity index (χ0n) is 13.3. The fourth-order valence-corrected chi connectivity index (χ4v) is 2.66. The van der Waals surface area contributed by atoms with Crippen LogP contribution in [-0.2, 0) is 20.7 Å². The lowest BCUT2D eigenvalue weighted by atomic mass is 10.0. The van der Waals surface area contributed by atoms with Gasteiger partial charge in [-0.15, -0.1) is 0 Å². The van der Waals surface area contributed by atoms with E-state index in [1.807, 2.05) is 30.3 Å². The molecule has 6 heteroatoms. The first-order valence-electron chi connectivity index (χ1n) is 7.57. The lowest BCUT2D eigenvalue weighted by molar-refractivity contribution is -0.140. The van der Waals surface area contributed by atoms with Crippen molar-refractivity contribution in [1.82, 2.24) is 0 Å². The predicted octanol–water partition coefficient (Wildman–Crippen LogP) is 1.78. The second-order valence-electron chi connectivity index (χ2n) is 5.52. The van der Waals surface area contributed by atoms with Crippen molar-refractivity contribution in [2.75, 3.05) is 24.3 Å². The summed E-state index contributed by atoms with van der Waals surface area (Å²) in [5.74, 6) is -0.270. The molecule has 0 radical (unpaired) electrons. The third kappa shape index (κ3) is 3.17. The Morgan fingerprint density at radius 3 is 2.71 bits per heavy atom. The Hall–Kier alpha value is -3.02. The van der Waals surface area contributed by atoms with E-state index in [-0.39, 0.29) is 12.5 Å². The van der Waals surface area contributed by atoms with Crippen LogP contribution in [-0.4, -0.2) is 31.6 Å². The summed E-state index contributed by atoms with van der Waals surface area (Å²) in [4.78, 5) is 25.9. The molecule has 1 aliphatic rings. The smallest absolute Gasteiger partial charge is 0.325 e. The maximum atomic E-state index is 12.8. The van der Waals surface area contributed by atoms with Crippen molar-refractivity contribution >= 4 is 23.3 Å². The number of hydrogen-bond donors (Lipinski definition) is 1. The van der Waals surface area contributed by atoms with Crippen molar-refractivity contribution in [3.63, 3.8) is 0 Å². The molecule has 0 aromatic heterocycles. The van der Waals surface area contributed by atoms with Crippen LogP contribution >= 0.6 is 0 Å². The fraction of sp³-hybridized carbons (Fsp3) is 0.222. The van der Waals surface area contributed by atoms with Crippen LogP contribution in [0.3, 0.4) is 0 Å². The molecule has 0 spiro atoms. The number of anilines is 2. The van der Waals surface area contributed by atoms with Crippen molar-refractivity contribution in [3.8, 4) is 5.75 Å². The highest BCUT2D eigenvalue weighted by atomic mass is 16.5. The van der Waals surface area contributed by atoms with Crippen LogP contribution in [0.4, 0.5) is 11.4 Å². The molecule has 0 aliphatic carbocycles. The quantitative estimate of drug-likeness (QED) is 0.684. The Morgan fingerprint density at radius 1 is 1.25 bits per heavy atom. The van der Waals surface area contributed by atoms with Crippen molar-refractivity contribution in [2.45, 2.75) is 12.5 Å². The van der Waals surface area contributed by atoms with Gasteiger partial charge in [-0.3, -0.25) is 14.5 Å². The van der Waals surface area contributed by atoms with Gasteiger partial charge in [0.15, 0.2) is 6.10 Å². The molecule has 0 saturated heterocycles. The monoisotopic (exact) mass is 326 g/mol. The summed E-state index contributed by atoms with van der Waals surface area (Å²) in [6, 6.07) is 14.6. The molecule has 0 bridgehead atoms. The molecule has 2 aromatic carbocycles. The van der Waals surface area contributed by atoms with Crippen molar-refractivity contribution in [2.24, 2.45) is 0 Å². The molecule has 1 aliphatic heterocycles. The minimum atomic E-state index is -0.701. The number of carbonyl (C=O) groups excluding carboxylic acids is 2. The van der Waals surface area contributed by atoms with Crippen LogP contribution in [0.1, 0.15) is 5.56 Å². The van der Waals surface area contributed by atoms with Crippen molar-refractivity contribution in [3.05, 3.63) is 54.1 Å². The highest BCUT2D eigenvalue weighted by Crippen LogP contribution is 2.36. The number of amides is 1. The average Bonchev–Trinajstić information content (AvgIpc) is 2.59. The van der Waals surface area contributed by atoms with Crippen LogP contribution in [0.15, 0.2) is 48.5 Å². The minimum absolute atomic E-state index is 0.180. The van der Waals surface area contributed by atoms with E-state index >= 15 is 0 Å². The standard InChI is InChI=1S/C18H18N2O4/c1-23-17(21)11-20-14-10-13(19)7-8-15(14)24-16(18(20)22)9-12-5-3-2-4-6-12/h2-8,10,16H,9,11,19H2,1H3. The van der Waals surface area contributed by atoms with Gasteiger partial charge in [-0.25, -0.2) is 0 Å². The normalized spacial score (nSPS) is 16.3. The molecule has 1 atom stereocenters. The second kappa shape index (κ2) is 6.62. The molecule has 0 fully saturated rings. The predicted molar refractivity (Wildman–Crippen MR) is 89.8 cm³/mol. The Labute approximate surface area is 139 Å². The summed E-state index contributed by atoms with van der Waals surface area (Å²) in [5, 5.41) is 0. The molecule has 24 heavy (non-hydrogen) atoms. The summed E-state index contributed by atoms with van der Waals surface area (Å²) in [6.45, 7) is -0.180. The third-order valence-electron chi connectivity index (χ3n) is 3.86. The zero-order chi connectivity index (χ0) is 17.1. The third-order valence-corrected chi connectivity index (χ3v) is 3.86. The number of nitrogens with zero attached hydrogens (tertiary/aromatic N) is 1. The van der Waals surface area contributed by atoms with Gasteiger partial charge >= 0.3 is 5.97 Å². The van der Waals surface area contributed by atoms with Gasteiger partial charge in [0, 0.05) is 12.1 Å². The van der Waals surface area contributed by atoms with E-state index < -0.39 is 12.1 Å². The van der Waals surface area contributed by atoms with Crippen LogP contribution in [0.2, 0.25) is 0 Å². The van der Waals surface area contributed by atoms with Gasteiger partial charge in [0.25, 0.3) is 5.91 Å². The van der Waals surface area contributed by atoms with E-state index in [2.05, 4.69) is 0 Å². The Kier molecular flexibility index (Phi) is 4.37. The van der Waals surface area contributed by atoms with Gasteiger partial charge in [-0.05, 0) is 23.8 Å². The summed E-state index contributed by atoms with van der Waals surface area (Å²) in [6.07, 6.45) is -0.283. The van der Waals surface area contributed by atoms with Gasteiger partial charge in [0.05, 0.1) is 12.8 Å². The molecule has 1 unspecified atom stereocenters. The fourth-order valence-electron chi connectivity index (χ4n) is 2.66. The number of carbonyl (C=O) groups is 2. The lowest BCUT2D eigenvalue weighted by Gasteiger charge is -2.34. The first-order valence-corrected chi connectivity index (χ1v) is 7.57. The lowest BCUT2D eigenvalue weighted by Crippen LogP contribution is -2.49. The zero-order valence-corrected chi connectivity index (χ0v) is 13.3. The highest BCUT2D eigenvalue weighted by Gasteiger charge is 2.35. The molecular formula is C18H18N2O4. The second-order valence-corrected chi connectivity index (χ2v) is 5.52. The van der Waals surface area contributed by atoms with E-state index in [4.69, 9.17) is 15.2 Å². The van der Waals surface area contributed by atoms with Gasteiger partial charge in [0.2, 0.25) is 0 Å². The summed E-state index contributed by atoms with van der Waals surface area (Å²) < 4.78 is 10.5. The number of fused-ring (bicyclic) bond motifs is 1. The van der Waals surface area contributed by atoms with E-state index in [0.29, 0.717) is 23.5 Å². The van der Waals surface area contributed by atoms with Gasteiger partial charge in [-0.1, -0.05) is 30.3 Å². The molecular weight excluding hydrogens is 308 g/mol. The number of rotatable bonds is 4. The molecule has 6 nitrogen and oxygen atoms in total. The largest absolute Gasteiger partial charge is 0.478 e. The number of nitrogens with two attached hydrogens (primary N) is 1. The molecule has 124 valence electrons. The van der Waals surface area contributed by atoms with E-state index in [9.17, 15) is 9.59 Å². The molecule has 0 saturated carbocycles. The maximum Gasteiger partial charge on any atom is 0.325 e. The number of ether oxygens (including phenoxy) is 2. The number of methoxy groups -OCH3 is 1. The number of hydrogen-bond acceptors (Lipinski definition) is 5. The van der Waals surface area contributed by atoms with Gasteiger partial charge in [0.1, 0.15) is 12.3 Å². The van der Waals surface area contributed by atoms with Crippen LogP contribution < -0.4 is 15.4 Å². The Bertz CT molecular complexity index is 761. The number of esters is 1. The summed E-state index contributed by atoms with van der Waals surface area (Å²) in [7, 11) is 1.29. The number of nitrogen functional groups attached to an aromatic ring is 1. The molecule has 2 aromatic rings.